The minimum atomic E-state index is -0.0759. The van der Waals surface area contributed by atoms with Crippen LogP contribution in [-0.2, 0) is 24.2 Å². The zero-order chi connectivity index (χ0) is 23.5. The molecule has 2 amide bonds. The maximum atomic E-state index is 12.9. The van der Waals surface area contributed by atoms with Crippen molar-refractivity contribution < 1.29 is 9.59 Å². The van der Waals surface area contributed by atoms with E-state index in [0.29, 0.717) is 17.9 Å². The molecule has 0 spiro atoms. The van der Waals surface area contributed by atoms with E-state index in [1.807, 2.05) is 66.4 Å². The van der Waals surface area contributed by atoms with Gasteiger partial charge in [0.2, 0.25) is 5.91 Å². The fourth-order valence-corrected chi connectivity index (χ4v) is 6.05. The SMILES string of the molecule is C[C@@H](NC(=O)c1ccc([C@@H]2SCC(=O)N2Cc2ccccc2)cc1)c1ccc2c(c1)CCCC2. The summed E-state index contributed by atoms with van der Waals surface area (Å²) in [5.74, 6) is 0.561. The number of nitrogens with zero attached hydrogens (tertiary/aromatic N) is 1. The van der Waals surface area contributed by atoms with Crippen LogP contribution >= 0.6 is 11.8 Å². The molecule has 1 N–H and O–H groups in total. The highest BCUT2D eigenvalue weighted by atomic mass is 32.2. The van der Waals surface area contributed by atoms with Crippen LogP contribution < -0.4 is 5.32 Å². The predicted octanol–water partition coefficient (Wildman–Crippen LogP) is 5.83. The number of rotatable bonds is 6. The largest absolute Gasteiger partial charge is 0.346 e. The van der Waals surface area contributed by atoms with E-state index >= 15 is 0 Å². The second-order valence-electron chi connectivity index (χ2n) is 9.22. The first-order chi connectivity index (χ1) is 16.6. The van der Waals surface area contributed by atoms with Gasteiger partial charge in [0.15, 0.2) is 0 Å². The van der Waals surface area contributed by atoms with Gasteiger partial charge in [-0.15, -0.1) is 11.8 Å². The Hall–Kier alpha value is -3.05. The van der Waals surface area contributed by atoms with Gasteiger partial charge in [-0.05, 0) is 72.6 Å². The molecule has 0 unspecified atom stereocenters. The van der Waals surface area contributed by atoms with E-state index in [1.54, 1.807) is 11.8 Å². The van der Waals surface area contributed by atoms with Gasteiger partial charge >= 0.3 is 0 Å². The van der Waals surface area contributed by atoms with Gasteiger partial charge in [0.05, 0.1) is 11.8 Å². The van der Waals surface area contributed by atoms with E-state index < -0.39 is 0 Å². The van der Waals surface area contributed by atoms with Crippen molar-refractivity contribution in [1.82, 2.24) is 10.2 Å². The molecule has 174 valence electrons. The molecule has 0 bridgehead atoms. The van der Waals surface area contributed by atoms with Crippen molar-refractivity contribution in [3.05, 3.63) is 106 Å². The van der Waals surface area contributed by atoms with Gasteiger partial charge in [0.1, 0.15) is 5.37 Å². The van der Waals surface area contributed by atoms with Gasteiger partial charge in [-0.3, -0.25) is 9.59 Å². The number of carbonyl (C=O) groups is 2. The Morgan fingerprint density at radius 2 is 1.74 bits per heavy atom. The lowest BCUT2D eigenvalue weighted by Crippen LogP contribution is -2.28. The Labute approximate surface area is 205 Å². The molecule has 3 aromatic carbocycles. The number of amides is 2. The van der Waals surface area contributed by atoms with Crippen molar-refractivity contribution in [2.45, 2.75) is 50.6 Å². The number of fused-ring (bicyclic) bond motifs is 1. The third-order valence-electron chi connectivity index (χ3n) is 6.84. The monoisotopic (exact) mass is 470 g/mol. The third-order valence-corrected chi connectivity index (χ3v) is 8.10. The molecule has 2 atom stereocenters. The molecule has 4 nitrogen and oxygen atoms in total. The highest BCUT2D eigenvalue weighted by Crippen LogP contribution is 2.39. The number of benzene rings is 3. The van der Waals surface area contributed by atoms with E-state index in [4.69, 9.17) is 0 Å². The molecule has 0 saturated carbocycles. The van der Waals surface area contributed by atoms with Crippen LogP contribution in [0, 0.1) is 0 Å². The third kappa shape index (κ3) is 4.90. The highest BCUT2D eigenvalue weighted by Gasteiger charge is 2.32. The lowest BCUT2D eigenvalue weighted by Gasteiger charge is -2.24. The molecule has 1 aliphatic carbocycles. The summed E-state index contributed by atoms with van der Waals surface area (Å²) in [6.07, 6.45) is 4.81. The second-order valence-corrected chi connectivity index (χ2v) is 10.3. The van der Waals surface area contributed by atoms with Gasteiger partial charge in [-0.2, -0.15) is 0 Å². The fourth-order valence-electron chi connectivity index (χ4n) is 4.87. The topological polar surface area (TPSA) is 49.4 Å². The van der Waals surface area contributed by atoms with E-state index in [1.165, 1.54) is 24.0 Å². The van der Waals surface area contributed by atoms with Gasteiger partial charge in [-0.1, -0.05) is 60.7 Å². The first kappa shape index (κ1) is 22.7. The molecule has 1 saturated heterocycles. The fraction of sp³-hybridized carbons (Fsp3) is 0.310. The summed E-state index contributed by atoms with van der Waals surface area (Å²) in [7, 11) is 0. The zero-order valence-electron chi connectivity index (χ0n) is 19.5. The van der Waals surface area contributed by atoms with Crippen molar-refractivity contribution in [1.29, 1.82) is 0 Å². The second kappa shape index (κ2) is 10.1. The minimum Gasteiger partial charge on any atom is -0.346 e. The summed E-state index contributed by atoms with van der Waals surface area (Å²) in [6.45, 7) is 2.64. The lowest BCUT2D eigenvalue weighted by molar-refractivity contribution is -0.128. The molecular weight excluding hydrogens is 440 g/mol. The minimum absolute atomic E-state index is 0.0285. The Balaban J connectivity index is 1.25. The van der Waals surface area contributed by atoms with Crippen LogP contribution in [0.2, 0.25) is 0 Å². The number of hydrogen-bond acceptors (Lipinski definition) is 3. The molecule has 3 aromatic rings. The molecule has 1 fully saturated rings. The lowest BCUT2D eigenvalue weighted by atomic mass is 9.89. The number of aryl methyl sites for hydroxylation is 2. The maximum Gasteiger partial charge on any atom is 0.251 e. The van der Waals surface area contributed by atoms with E-state index in [-0.39, 0.29) is 23.2 Å². The number of nitrogens with one attached hydrogen (secondary N) is 1. The van der Waals surface area contributed by atoms with E-state index in [9.17, 15) is 9.59 Å². The van der Waals surface area contributed by atoms with Gasteiger partial charge in [-0.25, -0.2) is 0 Å². The summed E-state index contributed by atoms with van der Waals surface area (Å²) in [6, 6.07) is 24.3. The molecule has 34 heavy (non-hydrogen) atoms. The van der Waals surface area contributed by atoms with Crippen LogP contribution in [0.1, 0.15) is 69.4 Å². The molecule has 5 rings (SSSR count). The van der Waals surface area contributed by atoms with Crippen molar-refractivity contribution >= 4 is 23.6 Å². The Morgan fingerprint density at radius 3 is 2.50 bits per heavy atom. The van der Waals surface area contributed by atoms with E-state index in [0.717, 1.165) is 29.5 Å². The average Bonchev–Trinajstić information content (AvgIpc) is 3.24. The maximum absolute atomic E-state index is 12.9. The molecule has 0 radical (unpaired) electrons. The number of hydrogen-bond donors (Lipinski definition) is 1. The molecule has 1 heterocycles. The molecule has 0 aromatic heterocycles. The normalized spacial score (nSPS) is 18.4. The van der Waals surface area contributed by atoms with Crippen molar-refractivity contribution in [3.8, 4) is 0 Å². The van der Waals surface area contributed by atoms with Gasteiger partial charge in [0.25, 0.3) is 5.91 Å². The van der Waals surface area contributed by atoms with Crippen LogP contribution in [0.5, 0.6) is 0 Å². The standard InChI is InChI=1S/C29H30N2O2S/c1-20(25-16-11-22-9-5-6-10-26(22)17-25)30-28(33)23-12-14-24(15-13-23)29-31(27(32)19-34-29)18-21-7-3-2-4-8-21/h2-4,7-8,11-17,20,29H,5-6,9-10,18-19H2,1H3,(H,30,33)/t20-,29+/m1/s1. The van der Waals surface area contributed by atoms with Crippen LogP contribution in [0.3, 0.4) is 0 Å². The summed E-state index contributed by atoms with van der Waals surface area (Å²) in [5, 5.41) is 3.12. The highest BCUT2D eigenvalue weighted by molar-refractivity contribution is 8.00. The molecule has 5 heteroatoms. The van der Waals surface area contributed by atoms with Crippen LogP contribution in [-0.4, -0.2) is 22.5 Å². The smallest absolute Gasteiger partial charge is 0.251 e. The Kier molecular flexibility index (Phi) is 6.73. The zero-order valence-corrected chi connectivity index (χ0v) is 20.3. The van der Waals surface area contributed by atoms with Gasteiger partial charge < -0.3 is 10.2 Å². The summed E-state index contributed by atoms with van der Waals surface area (Å²) in [5.41, 5.74) is 6.84. The van der Waals surface area contributed by atoms with Crippen molar-refractivity contribution in [3.63, 3.8) is 0 Å². The van der Waals surface area contributed by atoms with Crippen molar-refractivity contribution in [2.24, 2.45) is 0 Å². The predicted molar refractivity (Wildman–Crippen MR) is 138 cm³/mol. The Morgan fingerprint density at radius 1 is 1.00 bits per heavy atom. The first-order valence-electron chi connectivity index (χ1n) is 12.1. The summed E-state index contributed by atoms with van der Waals surface area (Å²) < 4.78 is 0. The quantitative estimate of drug-likeness (QED) is 0.493. The molecule has 1 aliphatic heterocycles. The van der Waals surface area contributed by atoms with Crippen LogP contribution in [0.4, 0.5) is 0 Å². The van der Waals surface area contributed by atoms with Crippen LogP contribution in [0.25, 0.3) is 0 Å². The Bertz CT molecular complexity index is 1180. The van der Waals surface area contributed by atoms with Crippen molar-refractivity contribution in [2.75, 3.05) is 5.75 Å². The average molecular weight is 471 g/mol. The number of carbonyl (C=O) groups excluding carboxylic acids is 2. The van der Waals surface area contributed by atoms with Crippen LogP contribution in [0.15, 0.2) is 72.8 Å². The molecular formula is C29H30N2O2S. The van der Waals surface area contributed by atoms with Gasteiger partial charge in [0, 0.05) is 12.1 Å². The first-order valence-corrected chi connectivity index (χ1v) is 13.1. The summed E-state index contributed by atoms with van der Waals surface area (Å²) in [4.78, 5) is 27.4. The summed E-state index contributed by atoms with van der Waals surface area (Å²) >= 11 is 1.64. The number of thioether (sulfide) groups is 1. The van der Waals surface area contributed by atoms with E-state index in [2.05, 4.69) is 23.5 Å². The molecule has 2 aliphatic rings.